The molecule has 0 spiro atoms. The Morgan fingerprint density at radius 1 is 1.03 bits per heavy atom. The molecule has 2 heterocycles. The second-order valence-electron chi connectivity index (χ2n) is 8.65. The van der Waals surface area contributed by atoms with Crippen LogP contribution in [0.3, 0.4) is 0 Å². The molecule has 0 saturated carbocycles. The van der Waals surface area contributed by atoms with Crippen LogP contribution in [0.1, 0.15) is 5.69 Å². The maximum absolute atomic E-state index is 13.1. The molecular weight excluding hydrogens is 478 g/mol. The van der Waals surface area contributed by atoms with Crippen molar-refractivity contribution in [2.75, 3.05) is 25.6 Å². The van der Waals surface area contributed by atoms with Gasteiger partial charge >= 0.3 is 0 Å². The van der Waals surface area contributed by atoms with E-state index in [-0.39, 0.29) is 18.0 Å². The molecule has 2 aromatic carbocycles. The molecule has 0 bridgehead atoms. The van der Waals surface area contributed by atoms with Gasteiger partial charge in [0.05, 0.1) is 30.3 Å². The minimum absolute atomic E-state index is 0.0299. The Balaban J connectivity index is 1.47. The van der Waals surface area contributed by atoms with Gasteiger partial charge in [-0.1, -0.05) is 29.5 Å². The number of sulfonamides is 1. The predicted octanol–water partition coefficient (Wildman–Crippen LogP) is -1.18. The fourth-order valence-electron chi connectivity index (χ4n) is 4.16. The first-order valence-corrected chi connectivity index (χ1v) is 12.5. The zero-order valence-electron chi connectivity index (χ0n) is 19.3. The lowest BCUT2D eigenvalue weighted by Crippen LogP contribution is -2.59. The number of anilines is 1. The molecule has 0 amide bonds. The van der Waals surface area contributed by atoms with E-state index < -0.39 is 47.2 Å². The SMILES string of the molecule is CN(C)c1cccc2c(S(=O)(=O)NCc3cn(CC4OC(CO)[C@@H](O)C(O)[C@H]4O)nn3)cccc12. The summed E-state index contributed by atoms with van der Waals surface area (Å²) in [5.41, 5.74) is 1.23. The average Bonchev–Trinajstić information content (AvgIpc) is 3.29. The van der Waals surface area contributed by atoms with Gasteiger partial charge in [0.1, 0.15) is 30.5 Å². The van der Waals surface area contributed by atoms with Gasteiger partial charge in [-0.05, 0) is 12.1 Å². The van der Waals surface area contributed by atoms with Crippen LogP contribution in [0.15, 0.2) is 47.5 Å². The quantitative estimate of drug-likeness (QED) is 0.250. The van der Waals surface area contributed by atoms with Crippen molar-refractivity contribution in [2.24, 2.45) is 0 Å². The topological polar surface area (TPSA) is 170 Å². The van der Waals surface area contributed by atoms with Crippen LogP contribution in [0.2, 0.25) is 0 Å². The summed E-state index contributed by atoms with van der Waals surface area (Å²) in [4.78, 5) is 2.06. The van der Waals surface area contributed by atoms with Crippen molar-refractivity contribution in [3.05, 3.63) is 48.3 Å². The molecule has 13 heteroatoms. The van der Waals surface area contributed by atoms with Crippen LogP contribution in [0, 0.1) is 0 Å². The van der Waals surface area contributed by atoms with E-state index in [1.54, 1.807) is 24.3 Å². The van der Waals surface area contributed by atoms with E-state index >= 15 is 0 Å². The van der Waals surface area contributed by atoms with Crippen LogP contribution in [-0.2, 0) is 27.8 Å². The van der Waals surface area contributed by atoms with E-state index in [0.717, 1.165) is 11.1 Å². The van der Waals surface area contributed by atoms with E-state index in [1.807, 2.05) is 31.1 Å². The number of hydrogen-bond donors (Lipinski definition) is 5. The first kappa shape index (κ1) is 25.4. The Morgan fingerprint density at radius 2 is 1.71 bits per heavy atom. The molecule has 190 valence electrons. The highest BCUT2D eigenvalue weighted by molar-refractivity contribution is 7.89. The Hall–Kier alpha value is -2.65. The Labute approximate surface area is 202 Å². The third-order valence-corrected chi connectivity index (χ3v) is 7.48. The standard InChI is InChI=1S/C22H29N5O7S/c1-26(2)16-7-3-6-15-14(16)5-4-8-19(15)35(32,33)23-9-13-10-27(25-24-13)11-17-20(29)22(31)21(30)18(12-28)34-17/h3-8,10,17-18,20-23,28-31H,9,11-12H2,1-2H3/t17?,18?,20-,21+,22?/m0/s1. The normalized spacial score (nSPS) is 25.1. The van der Waals surface area contributed by atoms with Crippen molar-refractivity contribution in [1.82, 2.24) is 19.7 Å². The molecule has 1 aliphatic rings. The first-order valence-electron chi connectivity index (χ1n) is 11.0. The minimum Gasteiger partial charge on any atom is -0.394 e. The average molecular weight is 508 g/mol. The summed E-state index contributed by atoms with van der Waals surface area (Å²) in [5.74, 6) is 0. The number of nitrogens with zero attached hydrogens (tertiary/aromatic N) is 4. The van der Waals surface area contributed by atoms with Gasteiger partial charge in [-0.3, -0.25) is 0 Å². The maximum Gasteiger partial charge on any atom is 0.241 e. The summed E-state index contributed by atoms with van der Waals surface area (Å²) in [6.45, 7) is -0.686. The van der Waals surface area contributed by atoms with Crippen LogP contribution in [0.25, 0.3) is 10.8 Å². The highest BCUT2D eigenvalue weighted by atomic mass is 32.2. The molecule has 12 nitrogen and oxygen atoms in total. The number of aliphatic hydroxyl groups excluding tert-OH is 4. The number of benzene rings is 2. The van der Waals surface area contributed by atoms with Gasteiger partial charge in [0, 0.05) is 36.8 Å². The van der Waals surface area contributed by atoms with Crippen molar-refractivity contribution in [3.63, 3.8) is 0 Å². The lowest BCUT2D eigenvalue weighted by molar-refractivity contribution is -0.232. The van der Waals surface area contributed by atoms with Gasteiger partial charge in [-0.25, -0.2) is 17.8 Å². The molecule has 1 aromatic heterocycles. The highest BCUT2D eigenvalue weighted by Crippen LogP contribution is 2.30. The molecular formula is C22H29N5O7S. The first-order chi connectivity index (χ1) is 16.6. The number of fused-ring (bicyclic) bond motifs is 1. The van der Waals surface area contributed by atoms with Gasteiger partial charge < -0.3 is 30.1 Å². The summed E-state index contributed by atoms with van der Waals surface area (Å²) >= 11 is 0. The van der Waals surface area contributed by atoms with E-state index in [0.29, 0.717) is 11.1 Å². The number of aliphatic hydroxyl groups is 4. The summed E-state index contributed by atoms with van der Waals surface area (Å²) in [6.07, 6.45) is -4.85. The minimum atomic E-state index is -3.88. The van der Waals surface area contributed by atoms with E-state index in [1.165, 1.54) is 10.9 Å². The second kappa shape index (κ2) is 10.1. The predicted molar refractivity (Wildman–Crippen MR) is 126 cm³/mol. The van der Waals surface area contributed by atoms with Crippen LogP contribution in [-0.4, -0.2) is 95.1 Å². The highest BCUT2D eigenvalue weighted by Gasteiger charge is 2.43. The zero-order valence-corrected chi connectivity index (χ0v) is 20.1. The van der Waals surface area contributed by atoms with Crippen molar-refractivity contribution >= 4 is 26.5 Å². The molecule has 5 atom stereocenters. The van der Waals surface area contributed by atoms with E-state index in [9.17, 15) is 28.8 Å². The van der Waals surface area contributed by atoms with Crippen molar-refractivity contribution in [2.45, 2.75) is 48.5 Å². The second-order valence-corrected chi connectivity index (χ2v) is 10.4. The molecule has 3 unspecified atom stereocenters. The van der Waals surface area contributed by atoms with E-state index in [4.69, 9.17) is 4.74 Å². The van der Waals surface area contributed by atoms with Crippen LogP contribution < -0.4 is 9.62 Å². The van der Waals surface area contributed by atoms with Crippen molar-refractivity contribution in [3.8, 4) is 0 Å². The Bertz CT molecular complexity index is 1280. The molecule has 35 heavy (non-hydrogen) atoms. The summed E-state index contributed by atoms with van der Waals surface area (Å²) in [6, 6.07) is 10.6. The fraction of sp³-hybridized carbons (Fsp3) is 0.455. The lowest BCUT2D eigenvalue weighted by atomic mass is 9.95. The van der Waals surface area contributed by atoms with Crippen LogP contribution >= 0.6 is 0 Å². The summed E-state index contributed by atoms with van der Waals surface area (Å²) in [7, 11) is -0.0961. The van der Waals surface area contributed by atoms with Gasteiger partial charge in [-0.2, -0.15) is 0 Å². The van der Waals surface area contributed by atoms with Crippen LogP contribution in [0.5, 0.6) is 0 Å². The summed E-state index contributed by atoms with van der Waals surface area (Å²) < 4.78 is 35.5. The monoisotopic (exact) mass is 507 g/mol. The molecule has 0 radical (unpaired) electrons. The molecule has 1 fully saturated rings. The number of aromatic nitrogens is 3. The van der Waals surface area contributed by atoms with E-state index in [2.05, 4.69) is 15.0 Å². The third-order valence-electron chi connectivity index (χ3n) is 6.02. The lowest BCUT2D eigenvalue weighted by Gasteiger charge is -2.39. The molecule has 5 N–H and O–H groups in total. The number of nitrogens with one attached hydrogen (secondary N) is 1. The zero-order chi connectivity index (χ0) is 25.3. The van der Waals surface area contributed by atoms with Gasteiger partial charge in [0.15, 0.2) is 0 Å². The smallest absolute Gasteiger partial charge is 0.241 e. The molecule has 4 rings (SSSR count). The van der Waals surface area contributed by atoms with Gasteiger partial charge in [-0.15, -0.1) is 5.10 Å². The van der Waals surface area contributed by atoms with Gasteiger partial charge in [0.25, 0.3) is 0 Å². The summed E-state index contributed by atoms with van der Waals surface area (Å²) in [5, 5.41) is 48.6. The molecule has 1 aliphatic heterocycles. The third kappa shape index (κ3) is 5.16. The largest absolute Gasteiger partial charge is 0.394 e. The maximum atomic E-state index is 13.1. The number of ether oxygens (including phenoxy) is 1. The Kier molecular flexibility index (Phi) is 7.38. The molecule has 0 aliphatic carbocycles. The van der Waals surface area contributed by atoms with Crippen LogP contribution in [0.4, 0.5) is 5.69 Å². The number of hydrogen-bond acceptors (Lipinski definition) is 10. The molecule has 3 aromatic rings. The van der Waals surface area contributed by atoms with Crippen molar-refractivity contribution < 1.29 is 33.6 Å². The molecule has 1 saturated heterocycles. The fourth-order valence-corrected chi connectivity index (χ4v) is 5.38. The Morgan fingerprint density at radius 3 is 2.43 bits per heavy atom. The number of rotatable bonds is 8. The van der Waals surface area contributed by atoms with Gasteiger partial charge in [0.2, 0.25) is 10.0 Å². The van der Waals surface area contributed by atoms with Crippen molar-refractivity contribution in [1.29, 1.82) is 0 Å².